The van der Waals surface area contributed by atoms with E-state index in [0.29, 0.717) is 5.75 Å². The molecule has 100 valence electrons. The second-order valence-electron chi connectivity index (χ2n) is 4.02. The molecule has 4 N–H and O–H groups in total. The van der Waals surface area contributed by atoms with Gasteiger partial charge < -0.3 is 20.9 Å². The first-order valence-corrected chi connectivity index (χ1v) is 6.02. The fourth-order valence-corrected chi connectivity index (χ4v) is 1.43. The molecule has 1 amide bonds. The van der Waals surface area contributed by atoms with Crippen LogP contribution in [0.4, 0.5) is 0 Å². The summed E-state index contributed by atoms with van der Waals surface area (Å²) in [6, 6.07) is 6.57. The highest BCUT2D eigenvalue weighted by Crippen LogP contribution is 2.12. The molecular formula is C13H20N2O3. The second-order valence-corrected chi connectivity index (χ2v) is 4.02. The van der Waals surface area contributed by atoms with Gasteiger partial charge in [0.15, 0.2) is 0 Å². The van der Waals surface area contributed by atoms with E-state index in [9.17, 15) is 4.79 Å². The van der Waals surface area contributed by atoms with Gasteiger partial charge in [-0.05, 0) is 30.7 Å². The van der Waals surface area contributed by atoms with Crippen LogP contribution in [0.5, 0.6) is 5.75 Å². The number of ether oxygens (including phenoxy) is 1. The molecule has 0 saturated carbocycles. The lowest BCUT2D eigenvalue weighted by Crippen LogP contribution is -2.45. The largest absolute Gasteiger partial charge is 0.491 e. The van der Waals surface area contributed by atoms with Crippen molar-refractivity contribution in [1.29, 1.82) is 0 Å². The van der Waals surface area contributed by atoms with Crippen LogP contribution in [0.1, 0.15) is 18.9 Å². The van der Waals surface area contributed by atoms with E-state index in [4.69, 9.17) is 15.6 Å². The Labute approximate surface area is 107 Å². The highest BCUT2D eigenvalue weighted by Gasteiger charge is 2.14. The third kappa shape index (κ3) is 4.73. The molecule has 0 aliphatic rings. The van der Waals surface area contributed by atoms with Gasteiger partial charge in [-0.15, -0.1) is 0 Å². The molecule has 0 spiro atoms. The number of nitrogens with two attached hydrogens (primary N) is 1. The van der Waals surface area contributed by atoms with Crippen molar-refractivity contribution in [3.63, 3.8) is 0 Å². The molecule has 0 saturated heterocycles. The van der Waals surface area contributed by atoms with Gasteiger partial charge in [0.2, 0.25) is 5.91 Å². The summed E-state index contributed by atoms with van der Waals surface area (Å²) in [5.74, 6) is 0.229. The first-order chi connectivity index (χ1) is 8.67. The molecule has 1 aromatic carbocycles. The predicted molar refractivity (Wildman–Crippen MR) is 69.1 cm³/mol. The van der Waals surface area contributed by atoms with E-state index < -0.39 is 11.9 Å². The number of carbonyl (C=O) groups is 1. The first-order valence-electron chi connectivity index (χ1n) is 6.02. The first kappa shape index (κ1) is 14.5. The van der Waals surface area contributed by atoms with E-state index in [0.717, 1.165) is 18.5 Å². The van der Waals surface area contributed by atoms with Crippen LogP contribution in [0.15, 0.2) is 24.3 Å². The molecule has 1 unspecified atom stereocenters. The second kappa shape index (κ2) is 7.68. The molecule has 0 aliphatic heterocycles. The van der Waals surface area contributed by atoms with Crippen LogP contribution in [0.2, 0.25) is 0 Å². The fourth-order valence-electron chi connectivity index (χ4n) is 1.43. The minimum absolute atomic E-state index is 0.00223. The third-order valence-corrected chi connectivity index (χ3v) is 2.51. The maximum atomic E-state index is 11.2. The third-order valence-electron chi connectivity index (χ3n) is 2.51. The summed E-state index contributed by atoms with van der Waals surface area (Å²) in [5, 5.41) is 11.9. The highest BCUT2D eigenvalue weighted by molar-refractivity contribution is 5.80. The van der Waals surface area contributed by atoms with E-state index in [-0.39, 0.29) is 13.2 Å². The number of aliphatic hydroxyl groups is 1. The van der Waals surface area contributed by atoms with E-state index in [1.807, 2.05) is 6.92 Å². The SMILES string of the molecule is CCCNC(COc1ccc(CO)cc1)C(N)=O. The summed E-state index contributed by atoms with van der Waals surface area (Å²) in [7, 11) is 0. The Morgan fingerprint density at radius 2 is 2.11 bits per heavy atom. The van der Waals surface area contributed by atoms with Gasteiger partial charge in [-0.1, -0.05) is 19.1 Å². The monoisotopic (exact) mass is 252 g/mol. The highest BCUT2D eigenvalue weighted by atomic mass is 16.5. The summed E-state index contributed by atoms with van der Waals surface area (Å²) in [5.41, 5.74) is 6.09. The summed E-state index contributed by atoms with van der Waals surface area (Å²) < 4.78 is 5.48. The number of primary amides is 1. The predicted octanol–water partition coefficient (Wildman–Crippen LogP) is 0.411. The molecule has 18 heavy (non-hydrogen) atoms. The summed E-state index contributed by atoms with van der Waals surface area (Å²) >= 11 is 0. The average molecular weight is 252 g/mol. The van der Waals surface area contributed by atoms with Crippen LogP contribution in [-0.2, 0) is 11.4 Å². The molecule has 0 fully saturated rings. The molecule has 1 atom stereocenters. The minimum atomic E-state index is -0.484. The summed E-state index contributed by atoms with van der Waals surface area (Å²) in [4.78, 5) is 11.2. The molecule has 1 rings (SSSR count). The molecular weight excluding hydrogens is 232 g/mol. The standard InChI is InChI=1S/C13H20N2O3/c1-2-7-15-12(13(14)17)9-18-11-5-3-10(8-16)4-6-11/h3-6,12,15-16H,2,7-9H2,1H3,(H2,14,17). The van der Waals surface area contributed by atoms with Crippen molar-refractivity contribution in [2.24, 2.45) is 5.73 Å². The van der Waals surface area contributed by atoms with Crippen LogP contribution in [-0.4, -0.2) is 30.2 Å². The van der Waals surface area contributed by atoms with E-state index in [1.165, 1.54) is 0 Å². The molecule has 1 aromatic rings. The van der Waals surface area contributed by atoms with Gasteiger partial charge in [-0.25, -0.2) is 0 Å². The summed E-state index contributed by atoms with van der Waals surface area (Å²) in [6.07, 6.45) is 0.926. The number of carbonyl (C=O) groups excluding carboxylic acids is 1. The molecule has 5 heteroatoms. The van der Waals surface area contributed by atoms with Crippen molar-refractivity contribution in [2.75, 3.05) is 13.2 Å². The molecule has 0 aliphatic carbocycles. The Morgan fingerprint density at radius 3 is 2.61 bits per heavy atom. The Morgan fingerprint density at radius 1 is 1.44 bits per heavy atom. The van der Waals surface area contributed by atoms with E-state index in [2.05, 4.69) is 5.32 Å². The maximum absolute atomic E-state index is 11.2. The smallest absolute Gasteiger partial charge is 0.238 e. The molecule has 0 radical (unpaired) electrons. The minimum Gasteiger partial charge on any atom is -0.491 e. The Balaban J connectivity index is 2.47. The number of rotatable bonds is 8. The summed E-state index contributed by atoms with van der Waals surface area (Å²) in [6.45, 7) is 2.94. The van der Waals surface area contributed by atoms with Crippen molar-refractivity contribution in [2.45, 2.75) is 26.0 Å². The number of hydrogen-bond donors (Lipinski definition) is 3. The van der Waals surface area contributed by atoms with Crippen molar-refractivity contribution in [1.82, 2.24) is 5.32 Å². The van der Waals surface area contributed by atoms with Gasteiger partial charge >= 0.3 is 0 Å². The molecule has 5 nitrogen and oxygen atoms in total. The molecule has 0 aromatic heterocycles. The van der Waals surface area contributed by atoms with Crippen molar-refractivity contribution in [3.05, 3.63) is 29.8 Å². The quantitative estimate of drug-likeness (QED) is 0.625. The maximum Gasteiger partial charge on any atom is 0.238 e. The number of amides is 1. The van der Waals surface area contributed by atoms with Crippen LogP contribution in [0.3, 0.4) is 0 Å². The van der Waals surface area contributed by atoms with Gasteiger partial charge in [0.05, 0.1) is 6.61 Å². The van der Waals surface area contributed by atoms with Crippen LogP contribution in [0, 0.1) is 0 Å². The Hall–Kier alpha value is -1.59. The van der Waals surface area contributed by atoms with Crippen LogP contribution >= 0.6 is 0 Å². The lowest BCUT2D eigenvalue weighted by atomic mass is 10.2. The topological polar surface area (TPSA) is 84.6 Å². The number of nitrogens with one attached hydrogen (secondary N) is 1. The van der Waals surface area contributed by atoms with Gasteiger partial charge in [0.25, 0.3) is 0 Å². The Kier molecular flexibility index (Phi) is 6.18. The van der Waals surface area contributed by atoms with Crippen LogP contribution in [0.25, 0.3) is 0 Å². The van der Waals surface area contributed by atoms with E-state index in [1.54, 1.807) is 24.3 Å². The zero-order valence-electron chi connectivity index (χ0n) is 10.6. The zero-order chi connectivity index (χ0) is 13.4. The van der Waals surface area contributed by atoms with Gasteiger partial charge in [-0.2, -0.15) is 0 Å². The van der Waals surface area contributed by atoms with Crippen molar-refractivity contribution in [3.8, 4) is 5.75 Å². The average Bonchev–Trinajstić information content (AvgIpc) is 2.39. The van der Waals surface area contributed by atoms with E-state index >= 15 is 0 Å². The zero-order valence-corrected chi connectivity index (χ0v) is 10.6. The van der Waals surface area contributed by atoms with Crippen LogP contribution < -0.4 is 15.8 Å². The lowest BCUT2D eigenvalue weighted by Gasteiger charge is -2.15. The Bertz CT molecular complexity index is 365. The number of hydrogen-bond acceptors (Lipinski definition) is 4. The van der Waals surface area contributed by atoms with Gasteiger partial charge in [0.1, 0.15) is 18.4 Å². The number of benzene rings is 1. The normalized spacial score (nSPS) is 12.1. The van der Waals surface area contributed by atoms with Crippen molar-refractivity contribution >= 4 is 5.91 Å². The lowest BCUT2D eigenvalue weighted by molar-refractivity contribution is -0.120. The number of aliphatic hydroxyl groups excluding tert-OH is 1. The molecule has 0 bridgehead atoms. The fraction of sp³-hybridized carbons (Fsp3) is 0.462. The van der Waals surface area contributed by atoms with Crippen molar-refractivity contribution < 1.29 is 14.6 Å². The molecule has 0 heterocycles. The van der Waals surface area contributed by atoms with Gasteiger partial charge in [-0.3, -0.25) is 4.79 Å². The van der Waals surface area contributed by atoms with Gasteiger partial charge in [0, 0.05) is 0 Å².